The molecule has 0 saturated carbocycles. The van der Waals surface area contributed by atoms with Crippen molar-refractivity contribution >= 4 is 12.1 Å². The third-order valence-electron chi connectivity index (χ3n) is 3.14. The number of hydrogen-bond acceptors (Lipinski definition) is 6. The van der Waals surface area contributed by atoms with E-state index in [0.29, 0.717) is 0 Å². The molecule has 0 bridgehead atoms. The van der Waals surface area contributed by atoms with Crippen molar-refractivity contribution in [2.24, 2.45) is 0 Å². The molecule has 0 aromatic heterocycles. The zero-order valence-corrected chi connectivity index (χ0v) is 9.38. The van der Waals surface area contributed by atoms with E-state index < -0.39 is 51.3 Å². The zero-order chi connectivity index (χ0) is 13.4. The van der Waals surface area contributed by atoms with Crippen LogP contribution in [-0.4, -0.2) is 91.3 Å². The maximum Gasteiger partial charge on any atom is 0.327 e. The second-order valence-electron chi connectivity index (χ2n) is 3.84. The van der Waals surface area contributed by atoms with Gasteiger partial charge in [0.15, 0.2) is 12.3 Å². The number of hydrogen-bond donors (Lipinski definition) is 4. The molecule has 10 nitrogen and oxygen atoms in total. The van der Waals surface area contributed by atoms with E-state index in [1.165, 1.54) is 0 Å². The largest absolute Gasteiger partial charge is 0.376 e. The van der Waals surface area contributed by atoms with Crippen LogP contribution in [0.4, 0.5) is 9.59 Å². The van der Waals surface area contributed by atoms with E-state index in [1.807, 2.05) is 0 Å². The monoisotopic (exact) mass is 262 g/mol. The molecule has 0 atom stereocenters. The summed E-state index contributed by atoms with van der Waals surface area (Å²) in [7, 11) is 0. The van der Waals surface area contributed by atoms with Gasteiger partial charge >= 0.3 is 12.1 Å². The third kappa shape index (κ3) is 1.43. The smallest absolute Gasteiger partial charge is 0.327 e. The molecule has 2 aliphatic rings. The van der Waals surface area contributed by atoms with Crippen LogP contribution in [0.5, 0.6) is 0 Å². The molecule has 10 heteroatoms. The first kappa shape index (κ1) is 12.8. The fourth-order valence-electron chi connectivity index (χ4n) is 2.34. The van der Waals surface area contributed by atoms with E-state index in [4.69, 9.17) is 20.4 Å². The Morgan fingerprint density at radius 1 is 0.667 bits per heavy atom. The first-order chi connectivity index (χ1) is 8.62. The molecule has 2 heterocycles. The average Bonchev–Trinajstić information content (AvgIpc) is 2.78. The van der Waals surface area contributed by atoms with Crippen LogP contribution < -0.4 is 0 Å². The van der Waals surface area contributed by atoms with Gasteiger partial charge in [-0.05, 0) is 0 Å². The van der Waals surface area contributed by atoms with Crippen molar-refractivity contribution in [2.45, 2.75) is 12.3 Å². The van der Waals surface area contributed by atoms with Crippen LogP contribution in [0, 0.1) is 0 Å². The van der Waals surface area contributed by atoms with Crippen LogP contribution >= 0.6 is 0 Å². The standard InChI is InChI=1S/C8H14N4O6/c13-1-9-5-6(11(3-15)7(9)17)12(4-16)8(18)10(5)2-14/h5-6,13-16H,1-4H2. The molecule has 2 fully saturated rings. The Morgan fingerprint density at radius 2 is 0.889 bits per heavy atom. The van der Waals surface area contributed by atoms with E-state index in [2.05, 4.69) is 0 Å². The predicted octanol–water partition coefficient (Wildman–Crippen LogP) is -3.09. The molecule has 2 rings (SSSR count). The molecule has 4 amide bonds. The molecule has 0 spiro atoms. The highest BCUT2D eigenvalue weighted by molar-refractivity contribution is 5.84. The quantitative estimate of drug-likeness (QED) is 0.425. The Morgan fingerprint density at radius 3 is 1.06 bits per heavy atom. The van der Waals surface area contributed by atoms with Crippen molar-refractivity contribution in [3.8, 4) is 0 Å². The van der Waals surface area contributed by atoms with E-state index >= 15 is 0 Å². The maximum atomic E-state index is 11.8. The Bertz CT molecular complexity index is 303. The van der Waals surface area contributed by atoms with Crippen LogP contribution in [0.3, 0.4) is 0 Å². The molecule has 102 valence electrons. The maximum absolute atomic E-state index is 11.8. The van der Waals surface area contributed by atoms with Crippen molar-refractivity contribution in [2.75, 3.05) is 26.9 Å². The van der Waals surface area contributed by atoms with E-state index in [-0.39, 0.29) is 0 Å². The minimum Gasteiger partial charge on any atom is -0.376 e. The number of carbonyl (C=O) groups is 2. The Hall–Kier alpha value is -1.62. The van der Waals surface area contributed by atoms with Gasteiger partial charge in [0.1, 0.15) is 26.9 Å². The molecular formula is C8H14N4O6. The molecule has 0 aliphatic carbocycles. The Labute approximate surface area is 102 Å². The summed E-state index contributed by atoms with van der Waals surface area (Å²) in [6, 6.07) is -1.36. The van der Waals surface area contributed by atoms with Crippen LogP contribution in [0.15, 0.2) is 0 Å². The van der Waals surface area contributed by atoms with Gasteiger partial charge in [-0.2, -0.15) is 0 Å². The lowest BCUT2D eigenvalue weighted by Crippen LogP contribution is -2.47. The number of fused-ring (bicyclic) bond motifs is 1. The molecule has 2 saturated heterocycles. The van der Waals surface area contributed by atoms with E-state index in [0.717, 1.165) is 19.6 Å². The second-order valence-corrected chi connectivity index (χ2v) is 3.84. The fourth-order valence-corrected chi connectivity index (χ4v) is 2.34. The lowest BCUT2D eigenvalue weighted by molar-refractivity contribution is 0.0133. The van der Waals surface area contributed by atoms with E-state index in [9.17, 15) is 9.59 Å². The lowest BCUT2D eigenvalue weighted by Gasteiger charge is -2.26. The summed E-state index contributed by atoms with van der Waals surface area (Å²) < 4.78 is 0. The summed E-state index contributed by atoms with van der Waals surface area (Å²) in [4.78, 5) is 27.3. The lowest BCUT2D eigenvalue weighted by atomic mass is 10.3. The van der Waals surface area contributed by atoms with Crippen molar-refractivity contribution in [1.82, 2.24) is 19.6 Å². The summed E-state index contributed by atoms with van der Waals surface area (Å²) in [6.45, 7) is -2.67. The number of amides is 4. The molecule has 0 radical (unpaired) electrons. The number of aliphatic hydroxyl groups excluding tert-OH is 4. The minimum absolute atomic E-state index is 0.667. The van der Waals surface area contributed by atoms with Crippen molar-refractivity contribution in [1.29, 1.82) is 0 Å². The van der Waals surface area contributed by atoms with Crippen LogP contribution in [0.25, 0.3) is 0 Å². The highest BCUT2D eigenvalue weighted by Gasteiger charge is 2.58. The van der Waals surface area contributed by atoms with Gasteiger partial charge in [-0.25, -0.2) is 9.59 Å². The topological polar surface area (TPSA) is 128 Å². The van der Waals surface area contributed by atoms with Crippen molar-refractivity contribution in [3.63, 3.8) is 0 Å². The van der Waals surface area contributed by atoms with Crippen molar-refractivity contribution < 1.29 is 30.0 Å². The third-order valence-corrected chi connectivity index (χ3v) is 3.14. The number of nitrogens with zero attached hydrogens (tertiary/aromatic N) is 4. The van der Waals surface area contributed by atoms with Gasteiger partial charge in [-0.1, -0.05) is 0 Å². The first-order valence-corrected chi connectivity index (χ1v) is 5.20. The number of carbonyl (C=O) groups excluding carboxylic acids is 2. The summed E-state index contributed by atoms with van der Waals surface area (Å²) in [5.74, 6) is 0. The Balaban J connectivity index is 2.41. The van der Waals surface area contributed by atoms with Crippen LogP contribution in [0.1, 0.15) is 0 Å². The molecule has 0 aromatic carbocycles. The number of rotatable bonds is 4. The first-order valence-electron chi connectivity index (χ1n) is 5.20. The zero-order valence-electron chi connectivity index (χ0n) is 9.38. The number of urea groups is 2. The normalized spacial score (nSPS) is 27.6. The van der Waals surface area contributed by atoms with Gasteiger partial charge in [0.2, 0.25) is 0 Å². The predicted molar refractivity (Wildman–Crippen MR) is 54.1 cm³/mol. The highest BCUT2D eigenvalue weighted by Crippen LogP contribution is 2.33. The fraction of sp³-hybridized carbons (Fsp3) is 0.750. The minimum atomic E-state index is -0.945. The average molecular weight is 262 g/mol. The summed E-state index contributed by atoms with van der Waals surface area (Å²) >= 11 is 0. The molecule has 0 aromatic rings. The molecule has 0 unspecified atom stereocenters. The van der Waals surface area contributed by atoms with Crippen LogP contribution in [-0.2, 0) is 0 Å². The SMILES string of the molecule is O=C1N(CO)C2C(N1CO)N(CO)C(=O)N2CO. The van der Waals surface area contributed by atoms with Gasteiger partial charge in [0, 0.05) is 0 Å². The summed E-state index contributed by atoms with van der Waals surface area (Å²) in [6.07, 6.45) is -1.89. The van der Waals surface area contributed by atoms with Gasteiger partial charge in [0.05, 0.1) is 0 Å². The van der Waals surface area contributed by atoms with Gasteiger partial charge < -0.3 is 20.4 Å². The van der Waals surface area contributed by atoms with Crippen molar-refractivity contribution in [3.05, 3.63) is 0 Å². The molecular weight excluding hydrogens is 248 g/mol. The van der Waals surface area contributed by atoms with Crippen LogP contribution in [0.2, 0.25) is 0 Å². The summed E-state index contributed by atoms with van der Waals surface area (Å²) in [5, 5.41) is 36.6. The Kier molecular flexibility index (Phi) is 3.26. The molecule has 18 heavy (non-hydrogen) atoms. The summed E-state index contributed by atoms with van der Waals surface area (Å²) in [5.41, 5.74) is 0. The molecule has 4 N–H and O–H groups in total. The van der Waals surface area contributed by atoms with Gasteiger partial charge in [0.25, 0.3) is 0 Å². The van der Waals surface area contributed by atoms with Gasteiger partial charge in [-0.15, -0.1) is 0 Å². The highest BCUT2D eigenvalue weighted by atomic mass is 16.3. The van der Waals surface area contributed by atoms with E-state index in [1.54, 1.807) is 0 Å². The number of aliphatic hydroxyl groups is 4. The molecule has 2 aliphatic heterocycles. The second kappa shape index (κ2) is 4.57. The van der Waals surface area contributed by atoms with Gasteiger partial charge in [-0.3, -0.25) is 19.6 Å².